The van der Waals surface area contributed by atoms with Gasteiger partial charge in [0.2, 0.25) is 11.9 Å². The van der Waals surface area contributed by atoms with E-state index in [0.717, 1.165) is 5.56 Å². The van der Waals surface area contributed by atoms with Crippen LogP contribution in [0.2, 0.25) is 10.0 Å². The maximum atomic E-state index is 12.3. The molecule has 3 aromatic rings. The third-order valence-corrected chi connectivity index (χ3v) is 4.37. The molecule has 0 saturated heterocycles. The molecule has 0 saturated carbocycles. The van der Waals surface area contributed by atoms with E-state index in [-0.39, 0.29) is 18.1 Å². The summed E-state index contributed by atoms with van der Waals surface area (Å²) in [5.74, 6) is 0.239. The number of amides is 1. The summed E-state index contributed by atoms with van der Waals surface area (Å²) in [6.07, 6.45) is 3.46. The Morgan fingerprint density at radius 2 is 1.92 bits per heavy atom. The van der Waals surface area contributed by atoms with Gasteiger partial charge in [-0.3, -0.25) is 10.1 Å². The number of rotatable bonds is 5. The van der Waals surface area contributed by atoms with Crippen LogP contribution in [0.4, 0.5) is 5.95 Å². The Morgan fingerprint density at radius 3 is 2.68 bits per heavy atom. The highest BCUT2D eigenvalue weighted by molar-refractivity contribution is 6.31. The topological polar surface area (TPSA) is 67.2 Å². The zero-order valence-corrected chi connectivity index (χ0v) is 14.6. The molecule has 5 nitrogen and oxygen atoms in total. The van der Waals surface area contributed by atoms with Crippen molar-refractivity contribution < 1.29 is 9.90 Å². The molecule has 0 aliphatic carbocycles. The molecule has 1 amide bonds. The Kier molecular flexibility index (Phi) is 5.26. The summed E-state index contributed by atoms with van der Waals surface area (Å²) < 4.78 is 1.80. The van der Waals surface area contributed by atoms with Gasteiger partial charge in [-0.1, -0.05) is 47.5 Å². The molecular weight excluding hydrogens is 361 g/mol. The molecule has 0 atom stereocenters. The van der Waals surface area contributed by atoms with Crippen LogP contribution in [0.3, 0.4) is 0 Å². The third-order valence-electron chi connectivity index (χ3n) is 3.65. The minimum Gasteiger partial charge on any atom is -0.508 e. The van der Waals surface area contributed by atoms with Crippen LogP contribution in [0.25, 0.3) is 0 Å². The lowest BCUT2D eigenvalue weighted by Gasteiger charge is -2.11. The predicted molar refractivity (Wildman–Crippen MR) is 98.2 cm³/mol. The first kappa shape index (κ1) is 17.3. The molecular formula is C18H15Cl2N3O2. The van der Waals surface area contributed by atoms with Crippen LogP contribution in [-0.2, 0) is 17.8 Å². The number of hydrogen-bond acceptors (Lipinski definition) is 3. The Morgan fingerprint density at radius 1 is 1.12 bits per heavy atom. The first-order chi connectivity index (χ1) is 12.0. The predicted octanol–water partition coefficient (Wildman–Crippen LogP) is 4.13. The molecule has 0 unspecified atom stereocenters. The van der Waals surface area contributed by atoms with Gasteiger partial charge in [-0.25, -0.2) is 4.98 Å². The van der Waals surface area contributed by atoms with E-state index in [4.69, 9.17) is 23.2 Å². The van der Waals surface area contributed by atoms with Gasteiger partial charge in [0.1, 0.15) is 5.75 Å². The monoisotopic (exact) mass is 375 g/mol. The van der Waals surface area contributed by atoms with Crippen LogP contribution in [0.15, 0.2) is 54.9 Å². The highest BCUT2D eigenvalue weighted by Crippen LogP contribution is 2.22. The van der Waals surface area contributed by atoms with Crippen molar-refractivity contribution in [3.63, 3.8) is 0 Å². The van der Waals surface area contributed by atoms with Gasteiger partial charge in [0, 0.05) is 22.4 Å². The average molecular weight is 376 g/mol. The second-order valence-corrected chi connectivity index (χ2v) is 6.29. The van der Waals surface area contributed by atoms with Gasteiger partial charge in [0.05, 0.1) is 13.0 Å². The van der Waals surface area contributed by atoms with Crippen molar-refractivity contribution in [3.05, 3.63) is 76.0 Å². The number of imidazole rings is 1. The molecule has 0 spiro atoms. The number of phenols is 1. The molecule has 1 heterocycles. The molecule has 128 valence electrons. The SMILES string of the molecule is O=C(Cc1ccc(O)cc1Cl)Nc1nccn1Cc1ccccc1Cl. The van der Waals surface area contributed by atoms with Gasteiger partial charge in [-0.05, 0) is 29.3 Å². The van der Waals surface area contributed by atoms with Crippen LogP contribution in [-0.4, -0.2) is 20.6 Å². The number of aromatic nitrogens is 2. The second-order valence-electron chi connectivity index (χ2n) is 5.47. The number of aromatic hydroxyl groups is 1. The van der Waals surface area contributed by atoms with Crippen LogP contribution < -0.4 is 5.32 Å². The Balaban J connectivity index is 1.70. The standard InChI is InChI=1S/C18H15Cl2N3O2/c19-15-4-2-1-3-13(15)11-23-8-7-21-18(23)22-17(25)9-12-5-6-14(24)10-16(12)20/h1-8,10,24H,9,11H2,(H,21,22,25). The van der Waals surface area contributed by atoms with Gasteiger partial charge < -0.3 is 9.67 Å². The van der Waals surface area contributed by atoms with Gasteiger partial charge >= 0.3 is 0 Å². The van der Waals surface area contributed by atoms with Crippen LogP contribution in [0.5, 0.6) is 5.75 Å². The van der Waals surface area contributed by atoms with E-state index in [9.17, 15) is 9.90 Å². The van der Waals surface area contributed by atoms with Crippen LogP contribution >= 0.6 is 23.2 Å². The summed E-state index contributed by atoms with van der Waals surface area (Å²) in [7, 11) is 0. The zero-order valence-electron chi connectivity index (χ0n) is 13.1. The van der Waals surface area contributed by atoms with E-state index in [2.05, 4.69) is 10.3 Å². The molecule has 0 bridgehead atoms. The number of nitrogens with one attached hydrogen (secondary N) is 1. The molecule has 1 aromatic heterocycles. The van der Waals surface area contributed by atoms with Gasteiger partial charge in [-0.2, -0.15) is 0 Å². The molecule has 0 fully saturated rings. The Hall–Kier alpha value is -2.50. The van der Waals surface area contributed by atoms with Gasteiger partial charge in [0.15, 0.2) is 0 Å². The summed E-state index contributed by atoms with van der Waals surface area (Å²) in [5.41, 5.74) is 1.56. The molecule has 2 N–H and O–H groups in total. The number of carbonyl (C=O) groups is 1. The van der Waals surface area contributed by atoms with Crippen LogP contribution in [0, 0.1) is 0 Å². The van der Waals surface area contributed by atoms with E-state index < -0.39 is 0 Å². The highest BCUT2D eigenvalue weighted by atomic mass is 35.5. The first-order valence-electron chi connectivity index (χ1n) is 7.54. The number of halogens is 2. The number of benzene rings is 2. The lowest BCUT2D eigenvalue weighted by atomic mass is 10.1. The fraction of sp³-hybridized carbons (Fsp3) is 0.111. The number of phenolic OH excluding ortho intramolecular Hbond substituents is 1. The summed E-state index contributed by atoms with van der Waals surface area (Å²) >= 11 is 12.2. The van der Waals surface area contributed by atoms with E-state index >= 15 is 0 Å². The van der Waals surface area contributed by atoms with E-state index in [0.29, 0.717) is 28.1 Å². The maximum absolute atomic E-state index is 12.3. The molecule has 0 aliphatic rings. The van der Waals surface area contributed by atoms with Crippen molar-refractivity contribution in [2.24, 2.45) is 0 Å². The highest BCUT2D eigenvalue weighted by Gasteiger charge is 2.12. The summed E-state index contributed by atoms with van der Waals surface area (Å²) in [6.45, 7) is 0.495. The molecule has 2 aromatic carbocycles. The van der Waals surface area contributed by atoms with E-state index in [1.165, 1.54) is 12.1 Å². The van der Waals surface area contributed by atoms with Crippen molar-refractivity contribution in [2.75, 3.05) is 5.32 Å². The van der Waals surface area contributed by atoms with Crippen molar-refractivity contribution >= 4 is 35.1 Å². The molecule has 3 rings (SSSR count). The van der Waals surface area contributed by atoms with Crippen molar-refractivity contribution in [3.8, 4) is 5.75 Å². The third kappa shape index (κ3) is 4.32. The first-order valence-corrected chi connectivity index (χ1v) is 8.30. The number of carbonyl (C=O) groups excluding carboxylic acids is 1. The largest absolute Gasteiger partial charge is 0.508 e. The Bertz CT molecular complexity index is 909. The average Bonchev–Trinajstić information content (AvgIpc) is 2.99. The lowest BCUT2D eigenvalue weighted by Crippen LogP contribution is -2.18. The Labute approximate surface area is 154 Å². The van der Waals surface area contributed by atoms with E-state index in [1.807, 2.05) is 24.3 Å². The number of hydrogen-bond donors (Lipinski definition) is 2. The second kappa shape index (κ2) is 7.59. The molecule has 25 heavy (non-hydrogen) atoms. The summed E-state index contributed by atoms with van der Waals surface area (Å²) in [5, 5.41) is 13.1. The smallest absolute Gasteiger partial charge is 0.231 e. The fourth-order valence-electron chi connectivity index (χ4n) is 2.39. The van der Waals surface area contributed by atoms with Crippen molar-refractivity contribution in [2.45, 2.75) is 13.0 Å². The quantitative estimate of drug-likeness (QED) is 0.704. The normalized spacial score (nSPS) is 10.6. The van der Waals surface area contributed by atoms with Crippen LogP contribution in [0.1, 0.15) is 11.1 Å². The molecule has 0 radical (unpaired) electrons. The lowest BCUT2D eigenvalue weighted by molar-refractivity contribution is -0.115. The minimum absolute atomic E-state index is 0.0597. The summed E-state index contributed by atoms with van der Waals surface area (Å²) in [4.78, 5) is 16.5. The minimum atomic E-state index is -0.251. The maximum Gasteiger partial charge on any atom is 0.231 e. The van der Waals surface area contributed by atoms with Crippen molar-refractivity contribution in [1.29, 1.82) is 0 Å². The number of anilines is 1. The zero-order chi connectivity index (χ0) is 17.8. The van der Waals surface area contributed by atoms with E-state index in [1.54, 1.807) is 23.0 Å². The van der Waals surface area contributed by atoms with Gasteiger partial charge in [0.25, 0.3) is 0 Å². The fourth-order valence-corrected chi connectivity index (χ4v) is 2.83. The number of nitrogens with zero attached hydrogens (tertiary/aromatic N) is 2. The van der Waals surface area contributed by atoms with Gasteiger partial charge in [-0.15, -0.1) is 0 Å². The van der Waals surface area contributed by atoms with Crippen molar-refractivity contribution in [1.82, 2.24) is 9.55 Å². The molecule has 0 aliphatic heterocycles. The summed E-state index contributed by atoms with van der Waals surface area (Å²) in [6, 6.07) is 12.0. The molecule has 7 heteroatoms.